The molecule has 0 aliphatic heterocycles. The van der Waals surface area contributed by atoms with Crippen molar-refractivity contribution in [1.82, 2.24) is 9.55 Å². The number of aryl methyl sites for hydroxylation is 2. The third-order valence-corrected chi connectivity index (χ3v) is 4.38. The highest BCUT2D eigenvalue weighted by Gasteiger charge is 2.06. The summed E-state index contributed by atoms with van der Waals surface area (Å²) in [5.74, 6) is 2.02. The summed E-state index contributed by atoms with van der Waals surface area (Å²) in [6.07, 6.45) is 0.949. The Morgan fingerprint density at radius 1 is 0.917 bits per heavy atom. The van der Waals surface area contributed by atoms with Gasteiger partial charge in [0.05, 0.1) is 17.6 Å². The van der Waals surface area contributed by atoms with Gasteiger partial charge in [0.1, 0.15) is 11.6 Å². The van der Waals surface area contributed by atoms with Gasteiger partial charge in [-0.15, -0.1) is 0 Å². The number of fused-ring (bicyclic) bond motifs is 2. The SMILES string of the molecule is Cc1nc2ccccc2n1CCCOc1cccc2ccccc12. The van der Waals surface area contributed by atoms with Crippen molar-refractivity contribution >= 4 is 21.8 Å². The van der Waals surface area contributed by atoms with Gasteiger partial charge < -0.3 is 9.30 Å². The van der Waals surface area contributed by atoms with Crippen LogP contribution < -0.4 is 4.74 Å². The van der Waals surface area contributed by atoms with Gasteiger partial charge in [-0.2, -0.15) is 0 Å². The molecule has 1 aromatic heterocycles. The second kappa shape index (κ2) is 6.36. The lowest BCUT2D eigenvalue weighted by Crippen LogP contribution is -2.06. The van der Waals surface area contributed by atoms with Crippen LogP contribution in [0.15, 0.2) is 66.7 Å². The number of aromatic nitrogens is 2. The van der Waals surface area contributed by atoms with Crippen molar-refractivity contribution < 1.29 is 4.74 Å². The van der Waals surface area contributed by atoms with Crippen molar-refractivity contribution in [2.75, 3.05) is 6.61 Å². The third kappa shape index (κ3) is 2.73. The molecular weight excluding hydrogens is 296 g/mol. The van der Waals surface area contributed by atoms with E-state index in [-0.39, 0.29) is 0 Å². The van der Waals surface area contributed by atoms with Crippen LogP contribution in [0.4, 0.5) is 0 Å². The minimum atomic E-state index is 0.694. The van der Waals surface area contributed by atoms with E-state index in [9.17, 15) is 0 Å². The number of benzene rings is 3. The van der Waals surface area contributed by atoms with Crippen LogP contribution >= 0.6 is 0 Å². The first-order chi connectivity index (χ1) is 11.8. The molecule has 0 saturated carbocycles. The third-order valence-electron chi connectivity index (χ3n) is 4.38. The number of imidazole rings is 1. The molecule has 0 aliphatic carbocycles. The molecule has 4 aromatic rings. The molecule has 0 bridgehead atoms. The van der Waals surface area contributed by atoms with Crippen molar-refractivity contribution in [2.45, 2.75) is 19.9 Å². The van der Waals surface area contributed by atoms with Crippen LogP contribution in [0.1, 0.15) is 12.2 Å². The molecule has 0 aliphatic rings. The Labute approximate surface area is 141 Å². The van der Waals surface area contributed by atoms with Crippen molar-refractivity contribution in [2.24, 2.45) is 0 Å². The van der Waals surface area contributed by atoms with Gasteiger partial charge in [-0.1, -0.05) is 48.5 Å². The van der Waals surface area contributed by atoms with Crippen LogP contribution in [0, 0.1) is 6.92 Å². The number of ether oxygens (including phenoxy) is 1. The molecule has 0 atom stereocenters. The molecule has 0 amide bonds. The van der Waals surface area contributed by atoms with Gasteiger partial charge in [-0.25, -0.2) is 4.98 Å². The average Bonchev–Trinajstić information content (AvgIpc) is 2.94. The van der Waals surface area contributed by atoms with Gasteiger partial charge in [0.15, 0.2) is 0 Å². The topological polar surface area (TPSA) is 27.1 Å². The second-order valence-corrected chi connectivity index (χ2v) is 5.98. The molecule has 24 heavy (non-hydrogen) atoms. The fourth-order valence-electron chi connectivity index (χ4n) is 3.20. The molecule has 0 saturated heterocycles. The number of hydrogen-bond donors (Lipinski definition) is 0. The van der Waals surface area contributed by atoms with E-state index in [2.05, 4.69) is 65.0 Å². The van der Waals surface area contributed by atoms with Gasteiger partial charge in [0.2, 0.25) is 0 Å². The monoisotopic (exact) mass is 316 g/mol. The largest absolute Gasteiger partial charge is 0.493 e. The molecule has 0 radical (unpaired) electrons. The summed E-state index contributed by atoms with van der Waals surface area (Å²) in [7, 11) is 0. The van der Waals surface area contributed by atoms with Crippen LogP contribution in [-0.4, -0.2) is 16.2 Å². The summed E-state index contributed by atoms with van der Waals surface area (Å²) in [6, 6.07) is 22.8. The van der Waals surface area contributed by atoms with Crippen molar-refractivity contribution in [3.8, 4) is 5.75 Å². The fraction of sp³-hybridized carbons (Fsp3) is 0.190. The maximum atomic E-state index is 6.04. The first kappa shape index (κ1) is 14.8. The summed E-state index contributed by atoms with van der Waals surface area (Å²) < 4.78 is 8.30. The summed E-state index contributed by atoms with van der Waals surface area (Å²) in [4.78, 5) is 4.61. The zero-order chi connectivity index (χ0) is 16.4. The van der Waals surface area contributed by atoms with E-state index in [4.69, 9.17) is 4.74 Å². The molecule has 120 valence electrons. The van der Waals surface area contributed by atoms with Gasteiger partial charge >= 0.3 is 0 Å². The van der Waals surface area contributed by atoms with Crippen molar-refractivity contribution in [3.63, 3.8) is 0 Å². The predicted molar refractivity (Wildman–Crippen MR) is 98.5 cm³/mol. The van der Waals surface area contributed by atoms with Gasteiger partial charge in [-0.05, 0) is 36.9 Å². The minimum absolute atomic E-state index is 0.694. The molecule has 4 rings (SSSR count). The van der Waals surface area contributed by atoms with Crippen LogP contribution in [-0.2, 0) is 6.54 Å². The molecule has 3 nitrogen and oxygen atoms in total. The Morgan fingerprint density at radius 3 is 2.67 bits per heavy atom. The second-order valence-electron chi connectivity index (χ2n) is 5.98. The number of para-hydroxylation sites is 2. The van der Waals surface area contributed by atoms with Crippen LogP contribution in [0.5, 0.6) is 5.75 Å². The number of rotatable bonds is 5. The highest BCUT2D eigenvalue weighted by atomic mass is 16.5. The van der Waals surface area contributed by atoms with Crippen LogP contribution in [0.3, 0.4) is 0 Å². The molecular formula is C21H20N2O. The molecule has 3 aromatic carbocycles. The first-order valence-electron chi connectivity index (χ1n) is 8.35. The molecule has 0 unspecified atom stereocenters. The standard InChI is InChI=1S/C21H20N2O/c1-16-22-19-11-4-5-12-20(19)23(16)14-7-15-24-21-13-6-9-17-8-2-3-10-18(17)21/h2-6,8-13H,7,14-15H2,1H3. The minimum Gasteiger partial charge on any atom is -0.493 e. The number of nitrogens with zero attached hydrogens (tertiary/aromatic N) is 2. The average molecular weight is 316 g/mol. The van der Waals surface area contributed by atoms with Crippen molar-refractivity contribution in [3.05, 3.63) is 72.6 Å². The zero-order valence-corrected chi connectivity index (χ0v) is 13.8. The predicted octanol–water partition coefficient (Wildman–Crippen LogP) is 4.97. The molecule has 1 heterocycles. The van der Waals surface area contributed by atoms with Crippen LogP contribution in [0.2, 0.25) is 0 Å². The van der Waals surface area contributed by atoms with Crippen molar-refractivity contribution in [1.29, 1.82) is 0 Å². The van der Waals surface area contributed by atoms with E-state index in [1.165, 1.54) is 16.3 Å². The summed E-state index contributed by atoms with van der Waals surface area (Å²) >= 11 is 0. The Balaban J connectivity index is 1.45. The van der Waals surface area contributed by atoms with Gasteiger partial charge in [-0.3, -0.25) is 0 Å². The quantitative estimate of drug-likeness (QED) is 0.486. The Hall–Kier alpha value is -2.81. The van der Waals surface area contributed by atoms with E-state index in [0.717, 1.165) is 30.1 Å². The normalized spacial score (nSPS) is 11.2. The van der Waals surface area contributed by atoms with E-state index in [1.54, 1.807) is 0 Å². The first-order valence-corrected chi connectivity index (χ1v) is 8.35. The Kier molecular flexibility index (Phi) is 3.91. The summed E-state index contributed by atoms with van der Waals surface area (Å²) in [5.41, 5.74) is 2.25. The van der Waals surface area contributed by atoms with Gasteiger partial charge in [0, 0.05) is 11.9 Å². The Bertz CT molecular complexity index is 982. The summed E-state index contributed by atoms with van der Waals surface area (Å²) in [6.45, 7) is 3.67. The highest BCUT2D eigenvalue weighted by molar-refractivity contribution is 5.88. The smallest absolute Gasteiger partial charge is 0.127 e. The molecule has 0 N–H and O–H groups in total. The lowest BCUT2D eigenvalue weighted by atomic mass is 10.1. The Morgan fingerprint density at radius 2 is 1.71 bits per heavy atom. The van der Waals surface area contributed by atoms with E-state index < -0.39 is 0 Å². The molecule has 0 fully saturated rings. The number of hydrogen-bond acceptors (Lipinski definition) is 2. The fourth-order valence-corrected chi connectivity index (χ4v) is 3.20. The zero-order valence-electron chi connectivity index (χ0n) is 13.8. The van der Waals surface area contributed by atoms with E-state index >= 15 is 0 Å². The summed E-state index contributed by atoms with van der Waals surface area (Å²) in [5, 5.41) is 2.38. The van der Waals surface area contributed by atoms with Crippen LogP contribution in [0.25, 0.3) is 21.8 Å². The lowest BCUT2D eigenvalue weighted by molar-refractivity contribution is 0.305. The molecule has 3 heteroatoms. The maximum Gasteiger partial charge on any atom is 0.127 e. The lowest BCUT2D eigenvalue weighted by Gasteiger charge is -2.10. The molecule has 0 spiro atoms. The van der Waals surface area contributed by atoms with E-state index in [1.807, 2.05) is 18.2 Å². The van der Waals surface area contributed by atoms with Gasteiger partial charge in [0.25, 0.3) is 0 Å². The highest BCUT2D eigenvalue weighted by Crippen LogP contribution is 2.25. The van der Waals surface area contributed by atoms with E-state index in [0.29, 0.717) is 6.61 Å². The maximum absolute atomic E-state index is 6.04.